The third-order valence-electron chi connectivity index (χ3n) is 5.80. The van der Waals surface area contributed by atoms with Gasteiger partial charge in [0, 0.05) is 44.6 Å². The van der Waals surface area contributed by atoms with E-state index in [1.54, 1.807) is 18.3 Å². The first-order valence-electron chi connectivity index (χ1n) is 11.4. The Morgan fingerprint density at radius 1 is 0.912 bits per heavy atom. The van der Waals surface area contributed by atoms with Crippen molar-refractivity contribution in [3.05, 3.63) is 90.1 Å². The highest BCUT2D eigenvalue weighted by Gasteiger charge is 2.23. The molecule has 1 fully saturated rings. The van der Waals surface area contributed by atoms with Crippen LogP contribution in [0, 0.1) is 0 Å². The fraction of sp³-hybridized carbons (Fsp3) is 0.269. The van der Waals surface area contributed by atoms with Gasteiger partial charge in [0.25, 0.3) is 5.91 Å². The fourth-order valence-corrected chi connectivity index (χ4v) is 3.79. The van der Waals surface area contributed by atoms with Crippen LogP contribution in [0.15, 0.2) is 79.0 Å². The molecule has 1 atom stereocenters. The Bertz CT molecular complexity index is 1070. The lowest BCUT2D eigenvalue weighted by Crippen LogP contribution is -2.44. The van der Waals surface area contributed by atoms with Crippen molar-refractivity contribution in [2.45, 2.75) is 12.6 Å². The normalized spacial score (nSPS) is 14.8. The summed E-state index contributed by atoms with van der Waals surface area (Å²) in [5.41, 5.74) is 2.25. The molecule has 2 aromatic carbocycles. The lowest BCUT2D eigenvalue weighted by atomic mass is 10.1. The number of nitrogens with zero attached hydrogens (tertiary/aromatic N) is 3. The molecule has 1 aromatic heterocycles. The van der Waals surface area contributed by atoms with Crippen molar-refractivity contribution in [2.75, 3.05) is 43.4 Å². The minimum atomic E-state index is -0.834. The number of amides is 3. The lowest BCUT2D eigenvalue weighted by Gasteiger charge is -2.33. The van der Waals surface area contributed by atoms with Gasteiger partial charge in [0.1, 0.15) is 11.9 Å². The molecule has 0 spiro atoms. The van der Waals surface area contributed by atoms with E-state index in [2.05, 4.69) is 37.8 Å². The Balaban J connectivity index is 1.35. The maximum atomic E-state index is 13.0. The number of pyridine rings is 1. The summed E-state index contributed by atoms with van der Waals surface area (Å²) in [4.78, 5) is 34.8. The standard InChI is InChI=1S/C26H30N6O2/c1-31-14-16-32(17-15-31)23-13-12-20(18-27-23)19-28-26(34)30-24(21-8-4-2-5-9-21)25(33)29-22-10-6-3-7-11-22/h2-13,18,24H,14-17,19H2,1H3,(H,29,33)(H2,28,30,34). The number of hydrogen-bond donors (Lipinski definition) is 3. The Kier molecular flexibility index (Phi) is 7.72. The molecular formula is C26H30N6O2. The SMILES string of the molecule is CN1CCN(c2ccc(CNC(=O)NC(C(=O)Nc3ccccc3)c3ccccc3)cn2)CC1. The van der Waals surface area contributed by atoms with Crippen LogP contribution in [0.4, 0.5) is 16.3 Å². The Morgan fingerprint density at radius 2 is 1.59 bits per heavy atom. The quantitative estimate of drug-likeness (QED) is 0.507. The minimum Gasteiger partial charge on any atom is -0.354 e. The van der Waals surface area contributed by atoms with Crippen LogP contribution in [-0.2, 0) is 11.3 Å². The van der Waals surface area contributed by atoms with Gasteiger partial charge in [-0.2, -0.15) is 0 Å². The monoisotopic (exact) mass is 458 g/mol. The number of nitrogens with one attached hydrogen (secondary N) is 3. The molecule has 34 heavy (non-hydrogen) atoms. The molecule has 8 heteroatoms. The highest BCUT2D eigenvalue weighted by Crippen LogP contribution is 2.17. The first-order valence-corrected chi connectivity index (χ1v) is 11.4. The number of hydrogen-bond acceptors (Lipinski definition) is 5. The summed E-state index contributed by atoms with van der Waals surface area (Å²) in [7, 11) is 2.12. The smallest absolute Gasteiger partial charge is 0.315 e. The highest BCUT2D eigenvalue weighted by atomic mass is 16.2. The zero-order chi connectivity index (χ0) is 23.8. The van der Waals surface area contributed by atoms with Crippen LogP contribution in [0.3, 0.4) is 0 Å². The number of benzene rings is 2. The second-order valence-corrected chi connectivity index (χ2v) is 8.34. The Morgan fingerprint density at radius 3 is 2.24 bits per heavy atom. The van der Waals surface area contributed by atoms with Crippen molar-refractivity contribution in [2.24, 2.45) is 0 Å². The van der Waals surface area contributed by atoms with E-state index in [1.807, 2.05) is 60.7 Å². The number of para-hydroxylation sites is 1. The van der Waals surface area contributed by atoms with Crippen LogP contribution >= 0.6 is 0 Å². The molecule has 176 valence electrons. The molecule has 3 N–H and O–H groups in total. The molecule has 1 aliphatic rings. The number of likely N-dealkylation sites (N-methyl/N-ethyl adjacent to an activating group) is 1. The summed E-state index contributed by atoms with van der Waals surface area (Å²) in [6.45, 7) is 4.26. The van der Waals surface area contributed by atoms with Crippen molar-refractivity contribution in [3.8, 4) is 0 Å². The van der Waals surface area contributed by atoms with E-state index in [4.69, 9.17) is 0 Å². The first kappa shape index (κ1) is 23.3. The number of rotatable bonds is 7. The summed E-state index contributed by atoms with van der Waals surface area (Å²) in [5.74, 6) is 0.633. The van der Waals surface area contributed by atoms with Crippen LogP contribution in [0.2, 0.25) is 0 Å². The Labute approximate surface area is 200 Å². The van der Waals surface area contributed by atoms with Gasteiger partial charge in [0.2, 0.25) is 0 Å². The average Bonchev–Trinajstić information content (AvgIpc) is 2.88. The number of carbonyl (C=O) groups is 2. The van der Waals surface area contributed by atoms with E-state index in [0.717, 1.165) is 37.6 Å². The number of carbonyl (C=O) groups excluding carboxylic acids is 2. The van der Waals surface area contributed by atoms with Gasteiger partial charge in [-0.25, -0.2) is 9.78 Å². The fourth-order valence-electron chi connectivity index (χ4n) is 3.79. The van der Waals surface area contributed by atoms with E-state index < -0.39 is 12.1 Å². The van der Waals surface area contributed by atoms with Gasteiger partial charge < -0.3 is 25.8 Å². The molecule has 0 bridgehead atoms. The Hall–Kier alpha value is -3.91. The summed E-state index contributed by atoms with van der Waals surface area (Å²) in [5, 5.41) is 8.49. The van der Waals surface area contributed by atoms with Gasteiger partial charge in [-0.3, -0.25) is 4.79 Å². The molecule has 0 aliphatic carbocycles. The third kappa shape index (κ3) is 6.32. The zero-order valence-electron chi connectivity index (χ0n) is 19.3. The zero-order valence-corrected chi connectivity index (χ0v) is 19.3. The number of urea groups is 1. The number of anilines is 2. The summed E-state index contributed by atoms with van der Waals surface area (Å²) < 4.78 is 0. The van der Waals surface area contributed by atoms with Crippen molar-refractivity contribution >= 4 is 23.4 Å². The van der Waals surface area contributed by atoms with Gasteiger partial charge in [0.15, 0.2) is 0 Å². The van der Waals surface area contributed by atoms with Crippen molar-refractivity contribution in [3.63, 3.8) is 0 Å². The van der Waals surface area contributed by atoms with Crippen molar-refractivity contribution in [1.29, 1.82) is 0 Å². The van der Waals surface area contributed by atoms with Crippen LogP contribution < -0.4 is 20.9 Å². The first-order chi connectivity index (χ1) is 16.6. The summed E-state index contributed by atoms with van der Waals surface area (Å²) in [6, 6.07) is 21.0. The van der Waals surface area contributed by atoms with E-state index in [9.17, 15) is 9.59 Å². The second-order valence-electron chi connectivity index (χ2n) is 8.34. The average molecular weight is 459 g/mol. The molecule has 1 unspecified atom stereocenters. The largest absolute Gasteiger partial charge is 0.354 e. The molecule has 0 saturated carbocycles. The molecule has 3 aromatic rings. The maximum Gasteiger partial charge on any atom is 0.315 e. The molecule has 2 heterocycles. The summed E-state index contributed by atoms with van der Waals surface area (Å²) in [6.07, 6.45) is 1.78. The highest BCUT2D eigenvalue weighted by molar-refractivity contribution is 5.97. The van der Waals surface area contributed by atoms with Gasteiger partial charge in [-0.15, -0.1) is 0 Å². The van der Waals surface area contributed by atoms with Gasteiger partial charge >= 0.3 is 6.03 Å². The van der Waals surface area contributed by atoms with Crippen LogP contribution in [0.25, 0.3) is 0 Å². The molecular weight excluding hydrogens is 428 g/mol. The van der Waals surface area contributed by atoms with E-state index in [0.29, 0.717) is 17.8 Å². The van der Waals surface area contributed by atoms with Gasteiger partial charge in [-0.05, 0) is 36.4 Å². The van der Waals surface area contributed by atoms with Crippen molar-refractivity contribution < 1.29 is 9.59 Å². The molecule has 4 rings (SSSR count). The predicted octanol–water partition coefficient (Wildman–Crippen LogP) is 3.01. The van der Waals surface area contributed by atoms with Crippen LogP contribution in [-0.4, -0.2) is 55.0 Å². The second kappa shape index (κ2) is 11.3. The van der Waals surface area contributed by atoms with E-state index in [-0.39, 0.29) is 5.91 Å². The van der Waals surface area contributed by atoms with Crippen LogP contribution in [0.1, 0.15) is 17.2 Å². The molecule has 1 aliphatic heterocycles. The molecule has 0 radical (unpaired) electrons. The number of piperazine rings is 1. The minimum absolute atomic E-state index is 0.309. The molecule has 3 amide bonds. The topological polar surface area (TPSA) is 89.6 Å². The predicted molar refractivity (Wildman–Crippen MR) is 134 cm³/mol. The van der Waals surface area contributed by atoms with Gasteiger partial charge in [0.05, 0.1) is 0 Å². The van der Waals surface area contributed by atoms with Gasteiger partial charge in [-0.1, -0.05) is 54.6 Å². The third-order valence-corrected chi connectivity index (χ3v) is 5.80. The van der Waals surface area contributed by atoms with E-state index >= 15 is 0 Å². The van der Waals surface area contributed by atoms with Crippen LogP contribution in [0.5, 0.6) is 0 Å². The number of aromatic nitrogens is 1. The summed E-state index contributed by atoms with van der Waals surface area (Å²) >= 11 is 0. The lowest BCUT2D eigenvalue weighted by molar-refractivity contribution is -0.118. The molecule has 1 saturated heterocycles. The molecule has 8 nitrogen and oxygen atoms in total. The van der Waals surface area contributed by atoms with Crippen molar-refractivity contribution in [1.82, 2.24) is 20.5 Å². The maximum absolute atomic E-state index is 13.0. The van der Waals surface area contributed by atoms with E-state index in [1.165, 1.54) is 0 Å².